The lowest BCUT2D eigenvalue weighted by molar-refractivity contribution is -0.109. The Labute approximate surface area is 136 Å². The molecule has 0 amide bonds. The SMILES string of the molecule is CCCCCC(C=O)c1ccc2c(c1)C(C)(C)CCC2(C)C. The van der Waals surface area contributed by atoms with Crippen LogP contribution in [0.4, 0.5) is 0 Å². The fraction of sp³-hybridized carbons (Fsp3) is 0.667. The van der Waals surface area contributed by atoms with Crippen molar-refractivity contribution in [3.05, 3.63) is 34.9 Å². The van der Waals surface area contributed by atoms with Crippen LogP contribution in [0.25, 0.3) is 0 Å². The predicted octanol–water partition coefficient (Wildman–Crippen LogP) is 5.90. The minimum atomic E-state index is 0.0673. The van der Waals surface area contributed by atoms with Crippen molar-refractivity contribution in [2.45, 2.75) is 89.9 Å². The summed E-state index contributed by atoms with van der Waals surface area (Å²) in [5, 5.41) is 0. The molecule has 0 heterocycles. The number of carbonyl (C=O) groups is 1. The molecule has 1 aliphatic rings. The van der Waals surface area contributed by atoms with E-state index >= 15 is 0 Å². The maximum absolute atomic E-state index is 11.6. The fourth-order valence-electron chi connectivity index (χ4n) is 3.76. The molecule has 1 aliphatic carbocycles. The van der Waals surface area contributed by atoms with E-state index in [-0.39, 0.29) is 16.7 Å². The number of hydrogen-bond acceptors (Lipinski definition) is 1. The van der Waals surface area contributed by atoms with Crippen molar-refractivity contribution in [3.8, 4) is 0 Å². The summed E-state index contributed by atoms with van der Waals surface area (Å²) >= 11 is 0. The van der Waals surface area contributed by atoms with Gasteiger partial charge in [0.05, 0.1) is 0 Å². The Hall–Kier alpha value is -1.11. The summed E-state index contributed by atoms with van der Waals surface area (Å²) in [6.07, 6.45) is 8.16. The second kappa shape index (κ2) is 6.56. The van der Waals surface area contributed by atoms with E-state index in [9.17, 15) is 4.79 Å². The van der Waals surface area contributed by atoms with Gasteiger partial charge in [0.15, 0.2) is 0 Å². The third-order valence-electron chi connectivity index (χ3n) is 5.59. The highest BCUT2D eigenvalue weighted by molar-refractivity contribution is 5.63. The van der Waals surface area contributed by atoms with Crippen molar-refractivity contribution in [2.24, 2.45) is 0 Å². The van der Waals surface area contributed by atoms with Crippen LogP contribution in [0.15, 0.2) is 18.2 Å². The molecule has 0 bridgehead atoms. The molecule has 0 aromatic heterocycles. The lowest BCUT2D eigenvalue weighted by Crippen LogP contribution is -2.34. The summed E-state index contributed by atoms with van der Waals surface area (Å²) in [7, 11) is 0. The number of benzene rings is 1. The lowest BCUT2D eigenvalue weighted by Gasteiger charge is -2.42. The molecule has 0 N–H and O–H groups in total. The highest BCUT2D eigenvalue weighted by atomic mass is 16.1. The zero-order valence-electron chi connectivity index (χ0n) is 15.0. The summed E-state index contributed by atoms with van der Waals surface area (Å²) < 4.78 is 0. The fourth-order valence-corrected chi connectivity index (χ4v) is 3.76. The van der Waals surface area contributed by atoms with E-state index in [0.29, 0.717) is 0 Å². The number of rotatable bonds is 6. The number of fused-ring (bicyclic) bond motifs is 1. The quantitative estimate of drug-likeness (QED) is 0.472. The molecule has 0 spiro atoms. The first-order valence-electron chi connectivity index (χ1n) is 8.92. The highest BCUT2D eigenvalue weighted by Crippen LogP contribution is 2.46. The Morgan fingerprint density at radius 3 is 2.27 bits per heavy atom. The van der Waals surface area contributed by atoms with Gasteiger partial charge in [-0.3, -0.25) is 0 Å². The van der Waals surface area contributed by atoms with Crippen molar-refractivity contribution in [3.63, 3.8) is 0 Å². The molecule has 1 nitrogen and oxygen atoms in total. The molecular weight excluding hydrogens is 268 g/mol. The molecule has 0 aliphatic heterocycles. The normalized spacial score (nSPS) is 20.2. The van der Waals surface area contributed by atoms with Gasteiger partial charge in [-0.15, -0.1) is 0 Å². The number of aldehydes is 1. The Morgan fingerprint density at radius 2 is 1.68 bits per heavy atom. The average molecular weight is 300 g/mol. The number of carbonyl (C=O) groups excluding carboxylic acids is 1. The molecule has 122 valence electrons. The second-order valence-electron chi connectivity index (χ2n) is 8.31. The van der Waals surface area contributed by atoms with E-state index in [4.69, 9.17) is 0 Å². The standard InChI is InChI=1S/C21H32O/c1-6-7-8-9-17(15-22)16-10-11-18-19(14-16)21(4,5)13-12-20(18,2)3/h10-11,14-15,17H,6-9,12-13H2,1-5H3. The van der Waals surface area contributed by atoms with Crippen LogP contribution in [0.2, 0.25) is 0 Å². The molecule has 1 unspecified atom stereocenters. The van der Waals surface area contributed by atoms with Crippen molar-refractivity contribution >= 4 is 6.29 Å². The van der Waals surface area contributed by atoms with Gasteiger partial charge in [-0.25, -0.2) is 0 Å². The van der Waals surface area contributed by atoms with Crippen LogP contribution >= 0.6 is 0 Å². The van der Waals surface area contributed by atoms with Gasteiger partial charge in [0.2, 0.25) is 0 Å². The lowest BCUT2D eigenvalue weighted by atomic mass is 9.62. The van der Waals surface area contributed by atoms with Crippen LogP contribution in [-0.2, 0) is 15.6 Å². The van der Waals surface area contributed by atoms with Crippen molar-refractivity contribution in [1.82, 2.24) is 0 Å². The molecule has 1 aromatic rings. The second-order valence-corrected chi connectivity index (χ2v) is 8.31. The van der Waals surface area contributed by atoms with Gasteiger partial charge in [-0.2, -0.15) is 0 Å². The summed E-state index contributed by atoms with van der Waals surface area (Å²) in [6.45, 7) is 11.6. The van der Waals surface area contributed by atoms with Gasteiger partial charge in [-0.05, 0) is 46.8 Å². The van der Waals surface area contributed by atoms with E-state index in [1.165, 1.54) is 42.4 Å². The predicted molar refractivity (Wildman–Crippen MR) is 94.7 cm³/mol. The van der Waals surface area contributed by atoms with Crippen LogP contribution in [0, 0.1) is 0 Å². The zero-order valence-corrected chi connectivity index (χ0v) is 15.0. The van der Waals surface area contributed by atoms with Gasteiger partial charge in [-0.1, -0.05) is 72.1 Å². The Morgan fingerprint density at radius 1 is 1.05 bits per heavy atom. The van der Waals surface area contributed by atoms with E-state index in [2.05, 4.69) is 52.8 Å². The Kier molecular flexibility index (Phi) is 5.14. The molecule has 22 heavy (non-hydrogen) atoms. The summed E-state index contributed by atoms with van der Waals surface area (Å²) in [6, 6.07) is 6.83. The summed E-state index contributed by atoms with van der Waals surface area (Å²) in [5.74, 6) is 0.0673. The Balaban J connectivity index is 2.34. The zero-order chi connectivity index (χ0) is 16.4. The number of hydrogen-bond donors (Lipinski definition) is 0. The minimum Gasteiger partial charge on any atom is -0.303 e. The third-order valence-corrected chi connectivity index (χ3v) is 5.59. The summed E-state index contributed by atoms with van der Waals surface area (Å²) in [4.78, 5) is 11.6. The first kappa shape index (κ1) is 17.2. The van der Waals surface area contributed by atoms with E-state index in [0.717, 1.165) is 19.1 Å². The van der Waals surface area contributed by atoms with Gasteiger partial charge in [0.25, 0.3) is 0 Å². The molecule has 1 heteroatoms. The third kappa shape index (κ3) is 3.45. The summed E-state index contributed by atoms with van der Waals surface area (Å²) in [5.41, 5.74) is 4.63. The topological polar surface area (TPSA) is 17.1 Å². The molecular formula is C21H32O. The molecule has 2 rings (SSSR count). The molecule has 1 atom stereocenters. The van der Waals surface area contributed by atoms with Crippen molar-refractivity contribution in [1.29, 1.82) is 0 Å². The van der Waals surface area contributed by atoms with E-state index < -0.39 is 0 Å². The van der Waals surface area contributed by atoms with Crippen molar-refractivity contribution in [2.75, 3.05) is 0 Å². The first-order chi connectivity index (χ1) is 10.3. The smallest absolute Gasteiger partial charge is 0.127 e. The van der Waals surface area contributed by atoms with Crippen molar-refractivity contribution < 1.29 is 4.79 Å². The highest BCUT2D eigenvalue weighted by Gasteiger charge is 2.37. The van der Waals surface area contributed by atoms with E-state index in [1.54, 1.807) is 0 Å². The molecule has 1 aromatic carbocycles. The van der Waals surface area contributed by atoms with Gasteiger partial charge < -0.3 is 4.79 Å². The van der Waals surface area contributed by atoms with Gasteiger partial charge >= 0.3 is 0 Å². The van der Waals surface area contributed by atoms with Crippen LogP contribution in [0.3, 0.4) is 0 Å². The maximum atomic E-state index is 11.6. The minimum absolute atomic E-state index is 0.0673. The average Bonchev–Trinajstić information content (AvgIpc) is 2.48. The molecule has 0 fully saturated rings. The largest absolute Gasteiger partial charge is 0.303 e. The Bertz CT molecular complexity index is 525. The molecule has 0 radical (unpaired) electrons. The van der Waals surface area contributed by atoms with Crippen LogP contribution in [0.1, 0.15) is 95.8 Å². The molecule has 0 saturated carbocycles. The van der Waals surface area contributed by atoms with Crippen LogP contribution < -0.4 is 0 Å². The van der Waals surface area contributed by atoms with Crippen LogP contribution in [-0.4, -0.2) is 6.29 Å². The van der Waals surface area contributed by atoms with E-state index in [1.807, 2.05) is 0 Å². The monoisotopic (exact) mass is 300 g/mol. The van der Waals surface area contributed by atoms with Gasteiger partial charge in [0, 0.05) is 5.92 Å². The van der Waals surface area contributed by atoms with Gasteiger partial charge in [0.1, 0.15) is 6.29 Å². The maximum Gasteiger partial charge on any atom is 0.127 e. The number of unbranched alkanes of at least 4 members (excludes halogenated alkanes) is 2. The van der Waals surface area contributed by atoms with Crippen LogP contribution in [0.5, 0.6) is 0 Å². The first-order valence-corrected chi connectivity index (χ1v) is 8.92. The molecule has 0 saturated heterocycles.